The molecule has 20 heavy (non-hydrogen) atoms. The molecular formula is C15H24FN3O. The number of hydrogen-bond donors (Lipinski definition) is 2. The van der Waals surface area contributed by atoms with E-state index in [1.54, 1.807) is 6.07 Å². The minimum absolute atomic E-state index is 0.214. The zero-order valence-corrected chi connectivity index (χ0v) is 12.3. The van der Waals surface area contributed by atoms with Gasteiger partial charge in [-0.1, -0.05) is 12.8 Å². The highest BCUT2D eigenvalue weighted by molar-refractivity contribution is 5.68. The summed E-state index contributed by atoms with van der Waals surface area (Å²) in [6, 6.07) is 3.61. The van der Waals surface area contributed by atoms with Crippen LogP contribution in [0.4, 0.5) is 15.8 Å². The third kappa shape index (κ3) is 3.54. The van der Waals surface area contributed by atoms with E-state index in [-0.39, 0.29) is 5.75 Å². The molecule has 0 radical (unpaired) electrons. The Bertz CT molecular complexity index is 447. The lowest BCUT2D eigenvalue weighted by atomic mass is 10.2. The summed E-state index contributed by atoms with van der Waals surface area (Å²) >= 11 is 0. The first kappa shape index (κ1) is 14.9. The average Bonchev–Trinajstić information content (AvgIpc) is 2.95. The number of nitrogens with two attached hydrogens (primary N) is 1. The third-order valence-electron chi connectivity index (χ3n) is 4.05. The molecule has 3 N–H and O–H groups in total. The second kappa shape index (κ2) is 6.79. The van der Waals surface area contributed by atoms with E-state index >= 15 is 0 Å². The zero-order chi connectivity index (χ0) is 14.5. The predicted molar refractivity (Wildman–Crippen MR) is 80.7 cm³/mol. The SMILES string of the molecule is COc1cc(NCCN(C)C2CCCC2)c(N)cc1F. The largest absolute Gasteiger partial charge is 0.494 e. The number of anilines is 2. The summed E-state index contributed by atoms with van der Waals surface area (Å²) in [5.74, 6) is -0.218. The lowest BCUT2D eigenvalue weighted by Crippen LogP contribution is -2.33. The molecule has 1 fully saturated rings. The van der Waals surface area contributed by atoms with Gasteiger partial charge in [-0.05, 0) is 19.9 Å². The molecule has 1 aromatic rings. The Balaban J connectivity index is 1.87. The highest BCUT2D eigenvalue weighted by atomic mass is 19.1. The van der Waals surface area contributed by atoms with E-state index in [4.69, 9.17) is 10.5 Å². The fraction of sp³-hybridized carbons (Fsp3) is 0.600. The summed E-state index contributed by atoms with van der Waals surface area (Å²) in [5.41, 5.74) is 6.95. The number of rotatable bonds is 6. The second-order valence-corrected chi connectivity index (χ2v) is 5.42. The molecule has 0 amide bonds. The number of nitrogen functional groups attached to an aromatic ring is 1. The van der Waals surface area contributed by atoms with Crippen LogP contribution in [0.15, 0.2) is 12.1 Å². The summed E-state index contributed by atoms with van der Waals surface area (Å²) in [6.07, 6.45) is 5.26. The maximum absolute atomic E-state index is 13.4. The Morgan fingerprint density at radius 3 is 2.75 bits per heavy atom. The van der Waals surface area contributed by atoms with Crippen LogP contribution in [0.5, 0.6) is 5.75 Å². The first-order chi connectivity index (χ1) is 9.61. The van der Waals surface area contributed by atoms with Gasteiger partial charge < -0.3 is 20.7 Å². The molecule has 1 aliphatic carbocycles. The maximum Gasteiger partial charge on any atom is 0.167 e. The maximum atomic E-state index is 13.4. The quantitative estimate of drug-likeness (QED) is 0.787. The van der Waals surface area contributed by atoms with Crippen molar-refractivity contribution < 1.29 is 9.13 Å². The fourth-order valence-electron chi connectivity index (χ4n) is 2.77. The lowest BCUT2D eigenvalue weighted by Gasteiger charge is -2.24. The van der Waals surface area contributed by atoms with E-state index in [2.05, 4.69) is 17.3 Å². The van der Waals surface area contributed by atoms with Gasteiger partial charge in [0.05, 0.1) is 18.5 Å². The van der Waals surface area contributed by atoms with E-state index in [0.717, 1.165) is 18.8 Å². The normalized spacial score (nSPS) is 15.8. The summed E-state index contributed by atoms with van der Waals surface area (Å²) in [6.45, 7) is 1.73. The minimum Gasteiger partial charge on any atom is -0.494 e. The number of ether oxygens (including phenoxy) is 1. The van der Waals surface area contributed by atoms with E-state index in [1.165, 1.54) is 38.9 Å². The number of likely N-dealkylation sites (N-methyl/N-ethyl adjacent to an activating group) is 1. The fourth-order valence-corrected chi connectivity index (χ4v) is 2.77. The standard InChI is InChI=1S/C15H24FN3O/c1-19(11-5-3-4-6-11)8-7-18-14-10-15(20-2)12(16)9-13(14)17/h9-11,18H,3-8,17H2,1-2H3. The van der Waals surface area contributed by atoms with Gasteiger partial charge >= 0.3 is 0 Å². The number of nitrogens with zero attached hydrogens (tertiary/aromatic N) is 1. The number of halogens is 1. The molecule has 1 aliphatic rings. The van der Waals surface area contributed by atoms with Crippen molar-refractivity contribution in [3.63, 3.8) is 0 Å². The Kier molecular flexibility index (Phi) is 5.06. The minimum atomic E-state index is -0.432. The molecule has 1 saturated carbocycles. The van der Waals surface area contributed by atoms with Crippen LogP contribution >= 0.6 is 0 Å². The molecule has 0 saturated heterocycles. The van der Waals surface area contributed by atoms with Crippen LogP contribution < -0.4 is 15.8 Å². The molecule has 4 nitrogen and oxygen atoms in total. The summed E-state index contributed by atoms with van der Waals surface area (Å²) in [5, 5.41) is 3.26. The Labute approximate surface area is 120 Å². The molecule has 0 aromatic heterocycles. The van der Waals surface area contributed by atoms with Crippen molar-refractivity contribution >= 4 is 11.4 Å². The van der Waals surface area contributed by atoms with Crippen LogP contribution in [0, 0.1) is 5.82 Å². The predicted octanol–water partition coefficient (Wildman–Crippen LogP) is 2.70. The van der Waals surface area contributed by atoms with Crippen molar-refractivity contribution in [2.45, 2.75) is 31.7 Å². The van der Waals surface area contributed by atoms with E-state index in [1.807, 2.05) is 0 Å². The van der Waals surface area contributed by atoms with Gasteiger partial charge in [-0.2, -0.15) is 0 Å². The smallest absolute Gasteiger partial charge is 0.167 e. The van der Waals surface area contributed by atoms with Gasteiger partial charge in [0, 0.05) is 31.3 Å². The number of methoxy groups -OCH3 is 1. The third-order valence-corrected chi connectivity index (χ3v) is 4.05. The molecule has 5 heteroatoms. The van der Waals surface area contributed by atoms with Crippen molar-refractivity contribution in [3.05, 3.63) is 17.9 Å². The molecule has 0 aliphatic heterocycles. The average molecular weight is 281 g/mol. The zero-order valence-electron chi connectivity index (χ0n) is 12.3. The van der Waals surface area contributed by atoms with Crippen LogP contribution in [0.25, 0.3) is 0 Å². The topological polar surface area (TPSA) is 50.5 Å². The summed E-state index contributed by atoms with van der Waals surface area (Å²) in [7, 11) is 3.61. The van der Waals surface area contributed by atoms with Crippen molar-refractivity contribution in [3.8, 4) is 5.75 Å². The Hall–Kier alpha value is -1.49. The monoisotopic (exact) mass is 281 g/mol. The number of benzene rings is 1. The van der Waals surface area contributed by atoms with Crippen molar-refractivity contribution in [2.24, 2.45) is 0 Å². The lowest BCUT2D eigenvalue weighted by molar-refractivity contribution is 0.254. The molecule has 112 valence electrons. The van der Waals surface area contributed by atoms with E-state index in [9.17, 15) is 4.39 Å². The van der Waals surface area contributed by atoms with Gasteiger partial charge in [-0.15, -0.1) is 0 Å². The molecule has 0 unspecified atom stereocenters. The summed E-state index contributed by atoms with van der Waals surface area (Å²) < 4.78 is 18.4. The second-order valence-electron chi connectivity index (χ2n) is 5.42. The van der Waals surface area contributed by atoms with E-state index in [0.29, 0.717) is 11.7 Å². The van der Waals surface area contributed by atoms with Crippen LogP contribution in [-0.4, -0.2) is 38.2 Å². The van der Waals surface area contributed by atoms with Crippen molar-refractivity contribution in [2.75, 3.05) is 38.3 Å². The van der Waals surface area contributed by atoms with Crippen LogP contribution in [-0.2, 0) is 0 Å². The van der Waals surface area contributed by atoms with Gasteiger partial charge in [0.2, 0.25) is 0 Å². The van der Waals surface area contributed by atoms with Crippen LogP contribution in [0.1, 0.15) is 25.7 Å². The Morgan fingerprint density at radius 2 is 2.10 bits per heavy atom. The first-order valence-electron chi connectivity index (χ1n) is 7.19. The number of nitrogens with one attached hydrogen (secondary N) is 1. The van der Waals surface area contributed by atoms with Crippen LogP contribution in [0.3, 0.4) is 0 Å². The van der Waals surface area contributed by atoms with Crippen molar-refractivity contribution in [1.82, 2.24) is 4.90 Å². The van der Waals surface area contributed by atoms with Gasteiger partial charge in [0.15, 0.2) is 11.6 Å². The van der Waals surface area contributed by atoms with Crippen molar-refractivity contribution in [1.29, 1.82) is 0 Å². The number of hydrogen-bond acceptors (Lipinski definition) is 4. The van der Waals surface area contributed by atoms with Gasteiger partial charge in [-0.3, -0.25) is 0 Å². The molecule has 0 bridgehead atoms. The van der Waals surface area contributed by atoms with Gasteiger partial charge in [0.25, 0.3) is 0 Å². The first-order valence-corrected chi connectivity index (χ1v) is 7.19. The van der Waals surface area contributed by atoms with Gasteiger partial charge in [-0.25, -0.2) is 4.39 Å². The molecule has 0 spiro atoms. The molecule has 1 aromatic carbocycles. The van der Waals surface area contributed by atoms with Crippen LogP contribution in [0.2, 0.25) is 0 Å². The molecule has 0 heterocycles. The molecular weight excluding hydrogens is 257 g/mol. The molecule has 0 atom stereocenters. The molecule has 2 rings (SSSR count). The highest BCUT2D eigenvalue weighted by Crippen LogP contribution is 2.28. The van der Waals surface area contributed by atoms with Gasteiger partial charge in [0.1, 0.15) is 0 Å². The Morgan fingerprint density at radius 1 is 1.40 bits per heavy atom. The highest BCUT2D eigenvalue weighted by Gasteiger charge is 2.18. The summed E-state index contributed by atoms with van der Waals surface area (Å²) in [4.78, 5) is 2.39. The van der Waals surface area contributed by atoms with E-state index < -0.39 is 5.82 Å².